The van der Waals surface area contributed by atoms with Crippen LogP contribution in [0.25, 0.3) is 0 Å². The van der Waals surface area contributed by atoms with Gasteiger partial charge >= 0.3 is 0 Å². The summed E-state index contributed by atoms with van der Waals surface area (Å²) in [7, 11) is 0. The van der Waals surface area contributed by atoms with Gasteiger partial charge in [-0.15, -0.1) is 0 Å². The third-order valence-corrected chi connectivity index (χ3v) is 3.40. The molecule has 1 aromatic carbocycles. The summed E-state index contributed by atoms with van der Waals surface area (Å²) in [6.45, 7) is 8.78. The normalized spacial score (nSPS) is 11.7. The first-order valence-corrected chi connectivity index (χ1v) is 6.99. The van der Waals surface area contributed by atoms with E-state index < -0.39 is 5.24 Å². The van der Waals surface area contributed by atoms with Crippen molar-refractivity contribution in [2.24, 2.45) is 0 Å². The summed E-state index contributed by atoms with van der Waals surface area (Å²) < 4.78 is 1.68. The van der Waals surface area contributed by atoms with Gasteiger partial charge in [0.2, 0.25) is 0 Å². The Hall–Kier alpha value is -1.61. The van der Waals surface area contributed by atoms with Crippen LogP contribution in [0.4, 0.5) is 0 Å². The van der Waals surface area contributed by atoms with E-state index in [1.807, 2.05) is 31.2 Å². The zero-order chi connectivity index (χ0) is 14.9. The summed E-state index contributed by atoms with van der Waals surface area (Å²) in [4.78, 5) is 11.6. The Morgan fingerprint density at radius 2 is 1.85 bits per heavy atom. The predicted octanol–water partition coefficient (Wildman–Crippen LogP) is 3.92. The molecule has 4 heteroatoms. The molecule has 1 aromatic heterocycles. The number of benzene rings is 1. The highest BCUT2D eigenvalue weighted by molar-refractivity contribution is 6.67. The second kappa shape index (κ2) is 5.41. The van der Waals surface area contributed by atoms with Gasteiger partial charge in [-0.1, -0.05) is 50.6 Å². The van der Waals surface area contributed by atoms with Crippen molar-refractivity contribution >= 4 is 16.8 Å². The van der Waals surface area contributed by atoms with E-state index in [4.69, 9.17) is 11.6 Å². The van der Waals surface area contributed by atoms with Crippen LogP contribution in [0.5, 0.6) is 0 Å². The van der Waals surface area contributed by atoms with Gasteiger partial charge in [-0.2, -0.15) is 5.10 Å². The van der Waals surface area contributed by atoms with Gasteiger partial charge in [0.25, 0.3) is 5.24 Å². The molecule has 0 amide bonds. The van der Waals surface area contributed by atoms with Crippen molar-refractivity contribution < 1.29 is 4.79 Å². The molecule has 0 unspecified atom stereocenters. The van der Waals surface area contributed by atoms with Gasteiger partial charge < -0.3 is 0 Å². The van der Waals surface area contributed by atoms with Crippen molar-refractivity contribution in [2.45, 2.75) is 39.7 Å². The fourth-order valence-corrected chi connectivity index (χ4v) is 2.08. The van der Waals surface area contributed by atoms with E-state index in [0.29, 0.717) is 12.2 Å². The largest absolute Gasteiger partial charge is 0.274 e. The highest BCUT2D eigenvalue weighted by atomic mass is 35.5. The zero-order valence-corrected chi connectivity index (χ0v) is 13.0. The first-order valence-electron chi connectivity index (χ1n) is 6.61. The van der Waals surface area contributed by atoms with Crippen molar-refractivity contribution in [3.05, 3.63) is 52.8 Å². The van der Waals surface area contributed by atoms with Crippen LogP contribution < -0.4 is 0 Å². The van der Waals surface area contributed by atoms with Crippen molar-refractivity contribution in [3.8, 4) is 0 Å². The number of hydrogen-bond donors (Lipinski definition) is 0. The quantitative estimate of drug-likeness (QED) is 0.803. The van der Waals surface area contributed by atoms with Crippen LogP contribution in [-0.2, 0) is 12.0 Å². The Morgan fingerprint density at radius 3 is 2.35 bits per heavy atom. The molecule has 0 spiro atoms. The number of hydrogen-bond acceptors (Lipinski definition) is 2. The maximum absolute atomic E-state index is 11.6. The summed E-state index contributed by atoms with van der Waals surface area (Å²) in [5, 5.41) is 4.06. The molecule has 0 aliphatic carbocycles. The molecule has 0 bridgehead atoms. The Bertz CT molecular complexity index is 621. The van der Waals surface area contributed by atoms with Crippen LogP contribution in [-0.4, -0.2) is 15.0 Å². The minimum absolute atomic E-state index is 0.111. The highest BCUT2D eigenvalue weighted by Gasteiger charge is 2.22. The Balaban J connectivity index is 2.37. The lowest BCUT2D eigenvalue weighted by molar-refractivity contribution is 0.107. The molecule has 1 heterocycles. The lowest BCUT2D eigenvalue weighted by Gasteiger charge is -2.14. The lowest BCUT2D eigenvalue weighted by atomic mass is 9.92. The Labute approximate surface area is 124 Å². The van der Waals surface area contributed by atoms with Crippen molar-refractivity contribution in [1.82, 2.24) is 9.78 Å². The third kappa shape index (κ3) is 3.28. The molecule has 3 nitrogen and oxygen atoms in total. The topological polar surface area (TPSA) is 34.9 Å². The van der Waals surface area contributed by atoms with Crippen LogP contribution in [0, 0.1) is 6.92 Å². The van der Waals surface area contributed by atoms with Crippen molar-refractivity contribution in [2.75, 3.05) is 0 Å². The standard InChI is InChI=1S/C16H19ClN2O/c1-11-5-7-12(8-6-11)10-19-13(15(17)20)9-14(18-19)16(2,3)4/h5-9H,10H2,1-4H3. The zero-order valence-electron chi connectivity index (χ0n) is 12.3. The van der Waals surface area contributed by atoms with Gasteiger partial charge in [0.05, 0.1) is 12.2 Å². The molecule has 0 saturated heterocycles. The van der Waals surface area contributed by atoms with Crippen molar-refractivity contribution in [3.63, 3.8) is 0 Å². The highest BCUT2D eigenvalue weighted by Crippen LogP contribution is 2.23. The molecule has 0 N–H and O–H groups in total. The van der Waals surface area contributed by atoms with Crippen LogP contribution in [0.1, 0.15) is 48.1 Å². The molecule has 106 valence electrons. The average molecular weight is 291 g/mol. The van der Waals surface area contributed by atoms with E-state index in [1.54, 1.807) is 10.7 Å². The number of carbonyl (C=O) groups excluding carboxylic acids is 1. The lowest BCUT2D eigenvalue weighted by Crippen LogP contribution is -2.13. The summed E-state index contributed by atoms with van der Waals surface area (Å²) in [5.41, 5.74) is 3.50. The summed E-state index contributed by atoms with van der Waals surface area (Å²) in [5.74, 6) is 0. The second-order valence-electron chi connectivity index (χ2n) is 6.08. The van der Waals surface area contributed by atoms with E-state index in [9.17, 15) is 4.79 Å². The molecule has 0 saturated carbocycles. The summed E-state index contributed by atoms with van der Waals surface area (Å²) >= 11 is 5.66. The molecule has 0 atom stereocenters. The number of nitrogens with zero attached hydrogens (tertiary/aromatic N) is 2. The summed E-state index contributed by atoms with van der Waals surface area (Å²) in [6.07, 6.45) is 0. The van der Waals surface area contributed by atoms with Gasteiger partial charge in [0, 0.05) is 5.41 Å². The number of aromatic nitrogens is 2. The van der Waals surface area contributed by atoms with Gasteiger partial charge in [0.1, 0.15) is 5.69 Å². The van der Waals surface area contributed by atoms with Gasteiger partial charge in [-0.25, -0.2) is 0 Å². The molecule has 0 radical (unpaired) electrons. The van der Waals surface area contributed by atoms with E-state index >= 15 is 0 Å². The monoisotopic (exact) mass is 290 g/mol. The SMILES string of the molecule is Cc1ccc(Cn2nc(C(C)(C)C)cc2C(=O)Cl)cc1. The van der Waals surface area contributed by atoms with Gasteiger partial charge in [-0.05, 0) is 30.2 Å². The van der Waals surface area contributed by atoms with Gasteiger partial charge in [-0.3, -0.25) is 9.48 Å². The number of carbonyl (C=O) groups is 1. The average Bonchev–Trinajstić information content (AvgIpc) is 2.76. The molecule has 20 heavy (non-hydrogen) atoms. The molecule has 0 aliphatic heterocycles. The Kier molecular flexibility index (Phi) is 4.00. The first-order chi connectivity index (χ1) is 9.27. The van der Waals surface area contributed by atoms with E-state index in [-0.39, 0.29) is 5.41 Å². The van der Waals surface area contributed by atoms with E-state index in [1.165, 1.54) is 5.56 Å². The molecule has 0 fully saturated rings. The van der Waals surface area contributed by atoms with Crippen molar-refractivity contribution in [1.29, 1.82) is 0 Å². The number of halogens is 1. The third-order valence-electron chi connectivity index (χ3n) is 3.20. The summed E-state index contributed by atoms with van der Waals surface area (Å²) in [6, 6.07) is 9.95. The van der Waals surface area contributed by atoms with Crippen LogP contribution >= 0.6 is 11.6 Å². The van der Waals surface area contributed by atoms with E-state index in [2.05, 4.69) is 25.9 Å². The predicted molar refractivity (Wildman–Crippen MR) is 81.4 cm³/mol. The minimum Gasteiger partial charge on any atom is -0.274 e. The number of rotatable bonds is 3. The fraction of sp³-hybridized carbons (Fsp3) is 0.375. The maximum Gasteiger partial charge on any atom is 0.270 e. The number of aryl methyl sites for hydroxylation is 1. The molecular weight excluding hydrogens is 272 g/mol. The van der Waals surface area contributed by atoms with E-state index in [0.717, 1.165) is 11.3 Å². The second-order valence-corrected chi connectivity index (χ2v) is 6.43. The molecular formula is C16H19ClN2O. The Morgan fingerprint density at radius 1 is 1.25 bits per heavy atom. The first kappa shape index (κ1) is 14.8. The molecule has 0 aliphatic rings. The minimum atomic E-state index is -0.472. The maximum atomic E-state index is 11.6. The van der Waals surface area contributed by atoms with Crippen LogP contribution in [0.2, 0.25) is 0 Å². The fourth-order valence-electron chi connectivity index (χ4n) is 1.93. The van der Waals surface area contributed by atoms with Gasteiger partial charge in [0.15, 0.2) is 0 Å². The van der Waals surface area contributed by atoms with Crippen LogP contribution in [0.15, 0.2) is 30.3 Å². The molecule has 2 rings (SSSR count). The molecule has 2 aromatic rings. The smallest absolute Gasteiger partial charge is 0.270 e. The van der Waals surface area contributed by atoms with Crippen LogP contribution in [0.3, 0.4) is 0 Å².